The van der Waals surface area contributed by atoms with Crippen LogP contribution in [0.15, 0.2) is 36.4 Å². The fourth-order valence-electron chi connectivity index (χ4n) is 1.91. The second-order valence-electron chi connectivity index (χ2n) is 4.52. The standard InChI is InChI=1S/C15H18N2O2/c1-11-8-14(12(2)17-11)9-16-15(18)19-10-13-6-4-3-5-7-13/h3-8,17H,9-10H2,1-2H3,(H,16,18). The summed E-state index contributed by atoms with van der Waals surface area (Å²) in [6, 6.07) is 11.6. The maximum absolute atomic E-state index is 11.6. The van der Waals surface area contributed by atoms with Crippen LogP contribution in [0.1, 0.15) is 22.5 Å². The lowest BCUT2D eigenvalue weighted by atomic mass is 10.2. The van der Waals surface area contributed by atoms with Gasteiger partial charge in [0.25, 0.3) is 0 Å². The molecule has 0 aliphatic heterocycles. The van der Waals surface area contributed by atoms with Crippen molar-refractivity contribution in [3.63, 3.8) is 0 Å². The molecule has 0 saturated carbocycles. The molecule has 0 radical (unpaired) electrons. The molecule has 0 bridgehead atoms. The number of amides is 1. The van der Waals surface area contributed by atoms with Crippen molar-refractivity contribution in [1.29, 1.82) is 0 Å². The van der Waals surface area contributed by atoms with Gasteiger partial charge in [-0.15, -0.1) is 0 Å². The predicted octanol–water partition coefficient (Wildman–Crippen LogP) is 3.06. The lowest BCUT2D eigenvalue weighted by Gasteiger charge is -2.06. The van der Waals surface area contributed by atoms with Crippen molar-refractivity contribution in [2.24, 2.45) is 0 Å². The largest absolute Gasteiger partial charge is 0.445 e. The fourth-order valence-corrected chi connectivity index (χ4v) is 1.91. The van der Waals surface area contributed by atoms with Gasteiger partial charge < -0.3 is 15.0 Å². The van der Waals surface area contributed by atoms with Gasteiger partial charge in [-0.1, -0.05) is 30.3 Å². The highest BCUT2D eigenvalue weighted by Crippen LogP contribution is 2.08. The van der Waals surface area contributed by atoms with Gasteiger partial charge in [0.1, 0.15) is 6.61 Å². The van der Waals surface area contributed by atoms with Crippen LogP contribution < -0.4 is 5.32 Å². The van der Waals surface area contributed by atoms with Crippen LogP contribution in [-0.2, 0) is 17.9 Å². The van der Waals surface area contributed by atoms with Crippen LogP contribution in [0.3, 0.4) is 0 Å². The van der Waals surface area contributed by atoms with Crippen LogP contribution >= 0.6 is 0 Å². The van der Waals surface area contributed by atoms with E-state index in [1.54, 1.807) is 0 Å². The van der Waals surface area contributed by atoms with Crippen LogP contribution in [0, 0.1) is 13.8 Å². The number of carbonyl (C=O) groups excluding carboxylic acids is 1. The Bertz CT molecular complexity index is 547. The highest BCUT2D eigenvalue weighted by atomic mass is 16.5. The Morgan fingerprint density at radius 1 is 1.26 bits per heavy atom. The number of ether oxygens (including phenoxy) is 1. The van der Waals surface area contributed by atoms with Gasteiger partial charge in [-0.05, 0) is 31.0 Å². The molecule has 0 saturated heterocycles. The van der Waals surface area contributed by atoms with E-state index in [0.717, 1.165) is 22.5 Å². The first kappa shape index (κ1) is 13.2. The van der Waals surface area contributed by atoms with Gasteiger partial charge in [-0.2, -0.15) is 0 Å². The Morgan fingerprint density at radius 2 is 2.00 bits per heavy atom. The number of carbonyl (C=O) groups is 1. The van der Waals surface area contributed by atoms with E-state index in [1.807, 2.05) is 50.2 Å². The quantitative estimate of drug-likeness (QED) is 0.885. The van der Waals surface area contributed by atoms with E-state index in [9.17, 15) is 4.79 Å². The van der Waals surface area contributed by atoms with Crippen LogP contribution in [-0.4, -0.2) is 11.1 Å². The third-order valence-electron chi connectivity index (χ3n) is 2.89. The highest BCUT2D eigenvalue weighted by Gasteiger charge is 2.05. The first-order valence-corrected chi connectivity index (χ1v) is 6.25. The van der Waals surface area contributed by atoms with Gasteiger partial charge in [-0.3, -0.25) is 0 Å². The molecule has 1 amide bonds. The summed E-state index contributed by atoms with van der Waals surface area (Å²) in [5, 5.41) is 2.74. The third kappa shape index (κ3) is 3.88. The van der Waals surface area contributed by atoms with E-state index in [-0.39, 0.29) is 6.61 Å². The summed E-state index contributed by atoms with van der Waals surface area (Å²) in [5.74, 6) is 0. The molecule has 0 spiro atoms. The molecule has 0 fully saturated rings. The van der Waals surface area contributed by atoms with Crippen LogP contribution in [0.25, 0.3) is 0 Å². The van der Waals surface area contributed by atoms with Crippen molar-refractivity contribution in [2.75, 3.05) is 0 Å². The zero-order valence-electron chi connectivity index (χ0n) is 11.2. The van der Waals surface area contributed by atoms with E-state index >= 15 is 0 Å². The molecule has 100 valence electrons. The molecule has 2 rings (SSSR count). The van der Waals surface area contributed by atoms with Crippen LogP contribution in [0.2, 0.25) is 0 Å². The van der Waals surface area contributed by atoms with Gasteiger partial charge in [0.2, 0.25) is 0 Å². The molecule has 1 aromatic carbocycles. The van der Waals surface area contributed by atoms with E-state index in [2.05, 4.69) is 10.3 Å². The summed E-state index contributed by atoms with van der Waals surface area (Å²) < 4.78 is 5.14. The zero-order valence-corrected chi connectivity index (χ0v) is 11.2. The molecule has 0 unspecified atom stereocenters. The molecule has 0 atom stereocenters. The van der Waals surface area contributed by atoms with Gasteiger partial charge in [0.15, 0.2) is 0 Å². The van der Waals surface area contributed by atoms with E-state index in [4.69, 9.17) is 4.74 Å². The van der Waals surface area contributed by atoms with E-state index < -0.39 is 6.09 Å². The first-order chi connectivity index (χ1) is 9.15. The molecule has 0 aliphatic rings. The Kier molecular flexibility index (Phi) is 4.23. The lowest BCUT2D eigenvalue weighted by Crippen LogP contribution is -2.23. The molecule has 4 heteroatoms. The number of alkyl carbamates (subject to hydrolysis) is 1. The monoisotopic (exact) mass is 258 g/mol. The van der Waals surface area contributed by atoms with Crippen molar-refractivity contribution < 1.29 is 9.53 Å². The first-order valence-electron chi connectivity index (χ1n) is 6.25. The van der Waals surface area contributed by atoms with Crippen molar-refractivity contribution in [1.82, 2.24) is 10.3 Å². The molecule has 1 aromatic heterocycles. The third-order valence-corrected chi connectivity index (χ3v) is 2.89. The van der Waals surface area contributed by atoms with Crippen molar-refractivity contribution in [3.8, 4) is 0 Å². The van der Waals surface area contributed by atoms with Crippen molar-refractivity contribution in [3.05, 3.63) is 58.9 Å². The van der Waals surface area contributed by atoms with Gasteiger partial charge in [-0.25, -0.2) is 4.79 Å². The lowest BCUT2D eigenvalue weighted by molar-refractivity contribution is 0.139. The normalized spacial score (nSPS) is 10.2. The van der Waals surface area contributed by atoms with Gasteiger partial charge in [0, 0.05) is 17.9 Å². The molecular weight excluding hydrogens is 240 g/mol. The van der Waals surface area contributed by atoms with Gasteiger partial charge >= 0.3 is 6.09 Å². The molecular formula is C15H18N2O2. The van der Waals surface area contributed by atoms with Crippen molar-refractivity contribution >= 4 is 6.09 Å². The molecule has 0 aliphatic carbocycles. The minimum Gasteiger partial charge on any atom is -0.445 e. The highest BCUT2D eigenvalue weighted by molar-refractivity contribution is 5.67. The maximum atomic E-state index is 11.6. The second kappa shape index (κ2) is 6.09. The summed E-state index contributed by atoms with van der Waals surface area (Å²) in [6.07, 6.45) is -0.401. The Hall–Kier alpha value is -2.23. The van der Waals surface area contributed by atoms with Crippen LogP contribution in [0.5, 0.6) is 0 Å². The van der Waals surface area contributed by atoms with Gasteiger partial charge in [0.05, 0.1) is 0 Å². The topological polar surface area (TPSA) is 54.1 Å². The Balaban J connectivity index is 1.77. The number of rotatable bonds is 4. The Labute approximate surface area is 112 Å². The number of hydrogen-bond donors (Lipinski definition) is 2. The molecule has 19 heavy (non-hydrogen) atoms. The average Bonchev–Trinajstić information content (AvgIpc) is 2.73. The van der Waals surface area contributed by atoms with Crippen molar-refractivity contribution in [2.45, 2.75) is 27.0 Å². The summed E-state index contributed by atoms with van der Waals surface area (Å²) in [4.78, 5) is 14.8. The second-order valence-corrected chi connectivity index (χ2v) is 4.52. The number of nitrogens with one attached hydrogen (secondary N) is 2. The summed E-state index contributed by atoms with van der Waals surface area (Å²) in [6.45, 7) is 4.74. The minimum atomic E-state index is -0.401. The smallest absolute Gasteiger partial charge is 0.407 e. The molecule has 2 aromatic rings. The minimum absolute atomic E-state index is 0.290. The summed E-state index contributed by atoms with van der Waals surface area (Å²) >= 11 is 0. The summed E-state index contributed by atoms with van der Waals surface area (Å²) in [7, 11) is 0. The SMILES string of the molecule is Cc1cc(CNC(=O)OCc2ccccc2)c(C)[nH]1. The maximum Gasteiger partial charge on any atom is 0.407 e. The molecule has 1 heterocycles. The van der Waals surface area contributed by atoms with Crippen LogP contribution in [0.4, 0.5) is 4.79 Å². The number of aromatic amines is 1. The average molecular weight is 258 g/mol. The predicted molar refractivity (Wildman–Crippen MR) is 73.7 cm³/mol. The molecule has 4 nitrogen and oxygen atoms in total. The number of H-pyrrole nitrogens is 1. The Morgan fingerprint density at radius 3 is 2.63 bits per heavy atom. The number of hydrogen-bond acceptors (Lipinski definition) is 2. The number of aromatic nitrogens is 1. The molecule has 2 N–H and O–H groups in total. The van der Waals surface area contributed by atoms with E-state index in [0.29, 0.717) is 6.54 Å². The summed E-state index contributed by atoms with van der Waals surface area (Å²) in [5.41, 5.74) is 4.22. The zero-order chi connectivity index (χ0) is 13.7. The van der Waals surface area contributed by atoms with E-state index in [1.165, 1.54) is 0 Å². The fraction of sp³-hybridized carbons (Fsp3) is 0.267. The number of aryl methyl sites for hydroxylation is 2. The number of benzene rings is 1.